The zero-order chi connectivity index (χ0) is 17.9. The van der Waals surface area contributed by atoms with Crippen molar-refractivity contribution in [3.8, 4) is 0 Å². The van der Waals surface area contributed by atoms with Crippen molar-refractivity contribution in [2.24, 2.45) is 0 Å². The van der Waals surface area contributed by atoms with Crippen molar-refractivity contribution in [3.63, 3.8) is 0 Å². The average molecular weight is 471 g/mol. The Kier molecular flexibility index (Phi) is 11.3. The van der Waals surface area contributed by atoms with Crippen molar-refractivity contribution in [2.75, 3.05) is 64.4 Å². The second-order valence-corrected chi connectivity index (χ2v) is 12.1. The summed E-state index contributed by atoms with van der Waals surface area (Å²) in [5.41, 5.74) is 0. The van der Waals surface area contributed by atoms with Crippen molar-refractivity contribution in [1.29, 1.82) is 0 Å². The van der Waals surface area contributed by atoms with Crippen LogP contribution in [0, 0.1) is 0 Å². The molecule has 0 atom stereocenters. The molecule has 26 heavy (non-hydrogen) atoms. The van der Waals surface area contributed by atoms with E-state index in [0.717, 1.165) is 24.7 Å². The van der Waals surface area contributed by atoms with Gasteiger partial charge in [-0.05, 0) is 10.8 Å². The molecule has 0 aliphatic carbocycles. The zero-order valence-corrected chi connectivity index (χ0v) is 19.2. The smallest absolute Gasteiger partial charge is 0.0717 e. The van der Waals surface area contributed by atoms with Crippen LogP contribution in [0.1, 0.15) is 0 Å². The number of ether oxygens (including phenoxy) is 4. The van der Waals surface area contributed by atoms with Crippen LogP contribution in [0.15, 0.2) is 27.8 Å². The van der Waals surface area contributed by atoms with Crippen molar-refractivity contribution in [2.45, 2.75) is 0 Å². The SMILES string of the molecule is C1=CSC(=C2SC3=C(SCCOCCOCCOCCOCCS3)S2)S1. The quantitative estimate of drug-likeness (QED) is 0.470. The molecule has 3 aliphatic rings. The number of rotatable bonds is 0. The van der Waals surface area contributed by atoms with Crippen LogP contribution < -0.4 is 0 Å². The zero-order valence-electron chi connectivity index (χ0n) is 14.3. The maximum absolute atomic E-state index is 5.67. The Morgan fingerprint density at radius 3 is 1.38 bits per heavy atom. The standard InChI is InChI=1S/C16H22O4S6/c1-2-18-4-6-20-8-10-22-15-14(21-9-7-19-5-3-17-1)25-16(26-15)13-23-11-12-24-13/h11-12H,1-10H2. The summed E-state index contributed by atoms with van der Waals surface area (Å²) in [6, 6.07) is 0. The lowest BCUT2D eigenvalue weighted by Crippen LogP contribution is -2.13. The van der Waals surface area contributed by atoms with Crippen molar-refractivity contribution < 1.29 is 18.9 Å². The molecule has 0 fully saturated rings. The van der Waals surface area contributed by atoms with Gasteiger partial charge < -0.3 is 18.9 Å². The molecule has 10 heteroatoms. The first kappa shape index (κ1) is 21.9. The molecule has 0 N–H and O–H groups in total. The number of hydrogen-bond donors (Lipinski definition) is 0. The Morgan fingerprint density at radius 1 is 0.500 bits per heavy atom. The summed E-state index contributed by atoms with van der Waals surface area (Å²) >= 11 is 11.3. The van der Waals surface area contributed by atoms with E-state index in [9.17, 15) is 0 Å². The van der Waals surface area contributed by atoms with Crippen molar-refractivity contribution in [1.82, 2.24) is 0 Å². The van der Waals surface area contributed by atoms with E-state index in [1.54, 1.807) is 0 Å². The highest BCUT2D eigenvalue weighted by molar-refractivity contribution is 8.42. The molecule has 0 aromatic rings. The molecule has 0 amide bonds. The first-order valence-electron chi connectivity index (χ1n) is 8.32. The van der Waals surface area contributed by atoms with Crippen LogP contribution in [0.4, 0.5) is 0 Å². The molecule has 0 bridgehead atoms. The third-order valence-corrected chi connectivity index (χ3v) is 11.3. The monoisotopic (exact) mass is 470 g/mol. The van der Waals surface area contributed by atoms with Gasteiger partial charge in [-0.2, -0.15) is 0 Å². The molecule has 0 saturated heterocycles. The second-order valence-electron chi connectivity index (χ2n) is 5.01. The van der Waals surface area contributed by atoms with Gasteiger partial charge in [0.1, 0.15) is 0 Å². The lowest BCUT2D eigenvalue weighted by atomic mass is 10.7. The van der Waals surface area contributed by atoms with E-state index in [0.29, 0.717) is 39.6 Å². The summed E-state index contributed by atoms with van der Waals surface area (Å²) in [7, 11) is 0. The average Bonchev–Trinajstić information content (AvgIpc) is 3.30. The fourth-order valence-electron chi connectivity index (χ4n) is 1.98. The first-order chi connectivity index (χ1) is 12.9. The minimum absolute atomic E-state index is 0.612. The highest BCUT2D eigenvalue weighted by Gasteiger charge is 2.25. The first-order valence-corrected chi connectivity index (χ1v) is 13.7. The molecule has 3 rings (SSSR count). The molecule has 3 heterocycles. The van der Waals surface area contributed by atoms with Gasteiger partial charge in [0, 0.05) is 11.5 Å². The van der Waals surface area contributed by atoms with Gasteiger partial charge in [-0.15, -0.1) is 23.5 Å². The molecular weight excluding hydrogens is 449 g/mol. The predicted molar refractivity (Wildman–Crippen MR) is 122 cm³/mol. The highest BCUT2D eigenvalue weighted by atomic mass is 32.3. The molecule has 0 aromatic heterocycles. The number of thioether (sulfide) groups is 6. The minimum Gasteiger partial charge on any atom is -0.378 e. The summed E-state index contributed by atoms with van der Waals surface area (Å²) in [6.07, 6.45) is 0. The van der Waals surface area contributed by atoms with Crippen LogP contribution in [0.3, 0.4) is 0 Å². The summed E-state index contributed by atoms with van der Waals surface area (Å²) in [5.74, 6) is 1.93. The van der Waals surface area contributed by atoms with Crippen molar-refractivity contribution in [3.05, 3.63) is 27.8 Å². The normalized spacial score (nSPS) is 25.2. The van der Waals surface area contributed by atoms with Crippen LogP contribution in [-0.4, -0.2) is 64.4 Å². The number of hydrogen-bond acceptors (Lipinski definition) is 10. The minimum atomic E-state index is 0.612. The molecule has 0 radical (unpaired) electrons. The Bertz CT molecular complexity index is 495. The predicted octanol–water partition coefficient (Wildman–Crippen LogP) is 5.22. The van der Waals surface area contributed by atoms with Gasteiger partial charge in [-0.25, -0.2) is 0 Å². The van der Waals surface area contributed by atoms with Gasteiger partial charge in [0.15, 0.2) is 0 Å². The van der Waals surface area contributed by atoms with Gasteiger partial charge in [0.05, 0.1) is 69.8 Å². The Balaban J connectivity index is 1.52. The molecule has 0 saturated carbocycles. The van der Waals surface area contributed by atoms with Crippen LogP contribution >= 0.6 is 70.6 Å². The second kappa shape index (κ2) is 13.4. The molecule has 0 aromatic carbocycles. The van der Waals surface area contributed by atoms with Crippen LogP contribution in [0.2, 0.25) is 0 Å². The van der Waals surface area contributed by atoms with E-state index < -0.39 is 0 Å². The summed E-state index contributed by atoms with van der Waals surface area (Å²) in [5, 5.41) is 4.31. The maximum atomic E-state index is 5.67. The molecular formula is C16H22O4S6. The summed E-state index contributed by atoms with van der Waals surface area (Å²) in [4.78, 5) is 0. The highest BCUT2D eigenvalue weighted by Crippen LogP contribution is 2.61. The van der Waals surface area contributed by atoms with E-state index in [-0.39, 0.29) is 0 Å². The molecule has 0 spiro atoms. The van der Waals surface area contributed by atoms with Gasteiger partial charge in [0.25, 0.3) is 0 Å². The van der Waals surface area contributed by atoms with Crippen LogP contribution in [0.25, 0.3) is 0 Å². The van der Waals surface area contributed by atoms with Gasteiger partial charge >= 0.3 is 0 Å². The fraction of sp³-hybridized carbons (Fsp3) is 0.625. The lowest BCUT2D eigenvalue weighted by molar-refractivity contribution is 0.00147. The van der Waals surface area contributed by atoms with E-state index >= 15 is 0 Å². The van der Waals surface area contributed by atoms with Crippen molar-refractivity contribution >= 4 is 70.6 Å². The van der Waals surface area contributed by atoms with E-state index in [4.69, 9.17) is 18.9 Å². The molecule has 3 aliphatic heterocycles. The van der Waals surface area contributed by atoms with Crippen LogP contribution in [0.5, 0.6) is 0 Å². The largest absolute Gasteiger partial charge is 0.378 e. The maximum Gasteiger partial charge on any atom is 0.0717 e. The third-order valence-electron chi connectivity index (χ3n) is 3.15. The van der Waals surface area contributed by atoms with Crippen LogP contribution in [-0.2, 0) is 18.9 Å². The van der Waals surface area contributed by atoms with E-state index in [1.165, 1.54) is 16.9 Å². The molecule has 146 valence electrons. The van der Waals surface area contributed by atoms with Gasteiger partial charge in [-0.3, -0.25) is 0 Å². The lowest BCUT2D eigenvalue weighted by Gasteiger charge is -2.09. The summed E-state index contributed by atoms with van der Waals surface area (Å²) in [6.45, 7) is 5.24. The third kappa shape index (κ3) is 7.88. The van der Waals surface area contributed by atoms with E-state index in [1.807, 2.05) is 70.6 Å². The fourth-order valence-corrected chi connectivity index (χ4v) is 9.84. The topological polar surface area (TPSA) is 36.9 Å². The van der Waals surface area contributed by atoms with Gasteiger partial charge in [0.2, 0.25) is 0 Å². The Hall–Kier alpha value is 1.16. The summed E-state index contributed by atoms with van der Waals surface area (Å²) < 4.78 is 27.9. The Morgan fingerprint density at radius 2 is 0.923 bits per heavy atom. The van der Waals surface area contributed by atoms with Gasteiger partial charge in [-0.1, -0.05) is 47.0 Å². The Labute approximate surface area is 180 Å². The van der Waals surface area contributed by atoms with E-state index in [2.05, 4.69) is 10.8 Å². The molecule has 0 unspecified atom stereocenters. The molecule has 4 nitrogen and oxygen atoms in total.